The maximum Gasteiger partial charge on any atom is 0.120 e. The molecule has 3 nitrogen and oxygen atoms in total. The van der Waals surface area contributed by atoms with Gasteiger partial charge in [0.1, 0.15) is 11.1 Å². The first kappa shape index (κ1) is 11.3. The van der Waals surface area contributed by atoms with Crippen molar-refractivity contribution in [3.8, 4) is 0 Å². The van der Waals surface area contributed by atoms with E-state index in [2.05, 4.69) is 4.90 Å². The van der Waals surface area contributed by atoms with Crippen LogP contribution in [0.25, 0.3) is 0 Å². The Labute approximate surface area is 96.9 Å². The molecule has 0 aromatic carbocycles. The zero-order valence-corrected chi connectivity index (χ0v) is 9.97. The lowest BCUT2D eigenvalue weighted by Crippen LogP contribution is -2.48. The van der Waals surface area contributed by atoms with E-state index < -0.39 is 0 Å². The molecule has 1 saturated carbocycles. The molecule has 2 fully saturated rings. The first-order chi connectivity index (χ1) is 7.25. The van der Waals surface area contributed by atoms with Crippen molar-refractivity contribution in [2.75, 3.05) is 26.2 Å². The van der Waals surface area contributed by atoms with E-state index in [0.717, 1.165) is 25.6 Å². The van der Waals surface area contributed by atoms with Crippen LogP contribution >= 0.6 is 12.2 Å². The molecule has 1 saturated heterocycles. The number of thiocarbonyl (C=S) groups is 1. The van der Waals surface area contributed by atoms with Gasteiger partial charge < -0.3 is 10.5 Å². The van der Waals surface area contributed by atoms with E-state index in [1.165, 1.54) is 32.2 Å². The largest absolute Gasteiger partial charge is 0.391 e. The molecule has 1 aliphatic heterocycles. The van der Waals surface area contributed by atoms with Gasteiger partial charge in [-0.3, -0.25) is 4.90 Å². The number of morpholine rings is 1. The van der Waals surface area contributed by atoms with E-state index in [0.29, 0.717) is 4.99 Å². The van der Waals surface area contributed by atoms with E-state index in [1.54, 1.807) is 0 Å². The predicted octanol–water partition coefficient (Wildman–Crippen LogP) is 1.16. The van der Waals surface area contributed by atoms with E-state index in [9.17, 15) is 0 Å². The third-order valence-corrected chi connectivity index (χ3v) is 3.72. The van der Waals surface area contributed by atoms with Crippen molar-refractivity contribution in [1.29, 1.82) is 0 Å². The fraction of sp³-hybridized carbons (Fsp3) is 0.909. The van der Waals surface area contributed by atoms with Gasteiger partial charge in [0.2, 0.25) is 0 Å². The molecular weight excluding hydrogens is 208 g/mol. The summed E-state index contributed by atoms with van der Waals surface area (Å²) in [5.74, 6) is 0.898. The Morgan fingerprint density at radius 2 is 2.13 bits per heavy atom. The maximum absolute atomic E-state index is 5.62. The lowest BCUT2D eigenvalue weighted by molar-refractivity contribution is 0.00173. The zero-order valence-electron chi connectivity index (χ0n) is 9.15. The number of nitrogens with zero attached hydrogens (tertiary/aromatic N) is 1. The Morgan fingerprint density at radius 3 is 2.80 bits per heavy atom. The molecule has 86 valence electrons. The van der Waals surface area contributed by atoms with Crippen LogP contribution in [0.4, 0.5) is 0 Å². The normalized spacial score (nSPS) is 29.5. The molecule has 0 aromatic rings. The summed E-state index contributed by atoms with van der Waals surface area (Å²) in [7, 11) is 0. The predicted molar refractivity (Wildman–Crippen MR) is 64.9 cm³/mol. The molecule has 0 aromatic heterocycles. The molecule has 0 spiro atoms. The Hall–Kier alpha value is -0.190. The van der Waals surface area contributed by atoms with Crippen molar-refractivity contribution in [2.45, 2.75) is 31.8 Å². The fourth-order valence-corrected chi connectivity index (χ4v) is 2.74. The van der Waals surface area contributed by atoms with Gasteiger partial charge in [-0.05, 0) is 18.8 Å². The van der Waals surface area contributed by atoms with Gasteiger partial charge >= 0.3 is 0 Å². The highest BCUT2D eigenvalue weighted by Gasteiger charge is 2.25. The van der Waals surface area contributed by atoms with Crippen molar-refractivity contribution in [3.63, 3.8) is 0 Å². The number of rotatable bonds is 3. The Balaban J connectivity index is 1.79. The van der Waals surface area contributed by atoms with Gasteiger partial charge in [0, 0.05) is 19.6 Å². The minimum Gasteiger partial charge on any atom is -0.391 e. The van der Waals surface area contributed by atoms with E-state index >= 15 is 0 Å². The molecule has 0 amide bonds. The second-order valence-corrected chi connectivity index (χ2v) is 5.14. The Kier molecular flexibility index (Phi) is 3.94. The van der Waals surface area contributed by atoms with Crippen molar-refractivity contribution >= 4 is 17.2 Å². The number of hydrogen-bond donors (Lipinski definition) is 1. The highest BCUT2D eigenvalue weighted by atomic mass is 32.1. The average Bonchev–Trinajstić information content (AvgIpc) is 2.71. The minimum atomic E-state index is -0.0184. The minimum absolute atomic E-state index is 0.0184. The first-order valence-electron chi connectivity index (χ1n) is 5.89. The summed E-state index contributed by atoms with van der Waals surface area (Å²) in [6.45, 7) is 3.92. The van der Waals surface area contributed by atoms with Crippen LogP contribution in [0.1, 0.15) is 25.7 Å². The van der Waals surface area contributed by atoms with E-state index in [1.807, 2.05) is 0 Å². The summed E-state index contributed by atoms with van der Waals surface area (Å²) in [5.41, 5.74) is 5.62. The van der Waals surface area contributed by atoms with Crippen molar-refractivity contribution < 1.29 is 4.74 Å². The highest BCUT2D eigenvalue weighted by molar-refractivity contribution is 7.80. The average molecular weight is 228 g/mol. The van der Waals surface area contributed by atoms with Gasteiger partial charge in [0.15, 0.2) is 0 Å². The van der Waals surface area contributed by atoms with Gasteiger partial charge in [-0.1, -0.05) is 25.1 Å². The van der Waals surface area contributed by atoms with E-state index in [-0.39, 0.29) is 6.10 Å². The summed E-state index contributed by atoms with van der Waals surface area (Å²) in [6.07, 6.45) is 5.60. The Morgan fingerprint density at radius 1 is 1.40 bits per heavy atom. The smallest absolute Gasteiger partial charge is 0.120 e. The molecule has 4 heteroatoms. The molecule has 15 heavy (non-hydrogen) atoms. The third-order valence-electron chi connectivity index (χ3n) is 3.46. The number of hydrogen-bond acceptors (Lipinski definition) is 3. The molecule has 2 aliphatic rings. The monoisotopic (exact) mass is 228 g/mol. The summed E-state index contributed by atoms with van der Waals surface area (Å²) < 4.78 is 5.53. The van der Waals surface area contributed by atoms with E-state index in [4.69, 9.17) is 22.7 Å². The van der Waals surface area contributed by atoms with Crippen molar-refractivity contribution in [2.24, 2.45) is 11.7 Å². The lowest BCUT2D eigenvalue weighted by atomic mass is 10.1. The van der Waals surface area contributed by atoms with Crippen LogP contribution in [0.15, 0.2) is 0 Å². The van der Waals surface area contributed by atoms with Crippen LogP contribution in [0.2, 0.25) is 0 Å². The molecular formula is C11H20N2OS. The zero-order chi connectivity index (χ0) is 10.7. The van der Waals surface area contributed by atoms with Gasteiger partial charge in [-0.15, -0.1) is 0 Å². The topological polar surface area (TPSA) is 38.5 Å². The molecule has 2 rings (SSSR count). The summed E-state index contributed by atoms with van der Waals surface area (Å²) in [6, 6.07) is 0. The summed E-state index contributed by atoms with van der Waals surface area (Å²) in [5, 5.41) is 0. The SMILES string of the molecule is NC(=S)C1CN(CC2CCCC2)CCO1. The Bertz CT molecular complexity index is 229. The third kappa shape index (κ3) is 3.13. The molecule has 1 heterocycles. The molecule has 1 unspecified atom stereocenters. The van der Waals surface area contributed by atoms with Crippen LogP contribution in [0.3, 0.4) is 0 Å². The summed E-state index contributed by atoms with van der Waals surface area (Å²) >= 11 is 4.98. The summed E-state index contributed by atoms with van der Waals surface area (Å²) in [4.78, 5) is 2.97. The number of ether oxygens (including phenoxy) is 1. The molecule has 1 atom stereocenters. The lowest BCUT2D eigenvalue weighted by Gasteiger charge is -2.33. The van der Waals surface area contributed by atoms with Crippen LogP contribution in [-0.4, -0.2) is 42.2 Å². The van der Waals surface area contributed by atoms with Crippen LogP contribution in [-0.2, 0) is 4.74 Å². The van der Waals surface area contributed by atoms with Crippen LogP contribution in [0, 0.1) is 5.92 Å². The molecule has 0 bridgehead atoms. The standard InChI is InChI=1S/C11H20N2OS/c12-11(15)10-8-13(5-6-14-10)7-9-3-1-2-4-9/h9-10H,1-8H2,(H2,12,15). The number of nitrogens with two attached hydrogens (primary N) is 1. The second-order valence-electron chi connectivity index (χ2n) is 4.67. The molecule has 0 radical (unpaired) electrons. The van der Waals surface area contributed by atoms with Gasteiger partial charge in [-0.25, -0.2) is 0 Å². The van der Waals surface area contributed by atoms with Crippen LogP contribution in [0.5, 0.6) is 0 Å². The maximum atomic E-state index is 5.62. The van der Waals surface area contributed by atoms with Gasteiger partial charge in [0.05, 0.1) is 6.61 Å². The fourth-order valence-electron chi connectivity index (χ4n) is 2.60. The van der Waals surface area contributed by atoms with Crippen molar-refractivity contribution in [3.05, 3.63) is 0 Å². The molecule has 2 N–H and O–H groups in total. The molecule has 1 aliphatic carbocycles. The van der Waals surface area contributed by atoms with Crippen LogP contribution < -0.4 is 5.73 Å². The highest BCUT2D eigenvalue weighted by Crippen LogP contribution is 2.26. The second kappa shape index (κ2) is 5.23. The quantitative estimate of drug-likeness (QED) is 0.736. The first-order valence-corrected chi connectivity index (χ1v) is 6.30. The van der Waals surface area contributed by atoms with Crippen molar-refractivity contribution in [1.82, 2.24) is 4.90 Å². The van der Waals surface area contributed by atoms with Gasteiger partial charge in [-0.2, -0.15) is 0 Å². The van der Waals surface area contributed by atoms with Gasteiger partial charge in [0.25, 0.3) is 0 Å².